The fourth-order valence-electron chi connectivity index (χ4n) is 2.78. The van der Waals surface area contributed by atoms with Gasteiger partial charge >= 0.3 is 0 Å². The van der Waals surface area contributed by atoms with Gasteiger partial charge in [-0.05, 0) is 42.8 Å². The van der Waals surface area contributed by atoms with Gasteiger partial charge in [-0.2, -0.15) is 0 Å². The molecule has 7 heteroatoms. The lowest BCUT2D eigenvalue weighted by Gasteiger charge is -2.08. The summed E-state index contributed by atoms with van der Waals surface area (Å²) in [7, 11) is 0. The fraction of sp³-hybridized carbons (Fsp3) is 0.0435. The number of aryl methyl sites for hydroxylation is 1. The molecule has 0 aliphatic heterocycles. The van der Waals surface area contributed by atoms with Crippen molar-refractivity contribution in [1.29, 1.82) is 0 Å². The molecule has 0 saturated carbocycles. The van der Waals surface area contributed by atoms with E-state index in [1.165, 1.54) is 12.4 Å². The van der Waals surface area contributed by atoms with E-state index < -0.39 is 0 Å². The first-order chi connectivity index (χ1) is 14.7. The van der Waals surface area contributed by atoms with Crippen molar-refractivity contribution in [3.8, 4) is 17.4 Å². The highest BCUT2D eigenvalue weighted by atomic mass is 16.5. The van der Waals surface area contributed by atoms with Gasteiger partial charge in [0.15, 0.2) is 0 Å². The topological polar surface area (TPSA) is 81.9 Å². The van der Waals surface area contributed by atoms with E-state index in [0.717, 1.165) is 11.4 Å². The van der Waals surface area contributed by atoms with Crippen LogP contribution in [0.15, 0.2) is 85.5 Å². The van der Waals surface area contributed by atoms with Crippen molar-refractivity contribution < 1.29 is 9.53 Å². The Balaban J connectivity index is 1.39. The Morgan fingerprint density at radius 1 is 1.03 bits per heavy atom. The molecule has 0 spiro atoms. The fourth-order valence-corrected chi connectivity index (χ4v) is 2.78. The zero-order valence-electron chi connectivity index (χ0n) is 16.3. The van der Waals surface area contributed by atoms with Crippen molar-refractivity contribution in [2.75, 3.05) is 5.32 Å². The van der Waals surface area contributed by atoms with E-state index in [1.807, 2.05) is 48.0 Å². The van der Waals surface area contributed by atoms with Gasteiger partial charge in [0, 0.05) is 30.2 Å². The number of amides is 1. The van der Waals surface area contributed by atoms with Gasteiger partial charge in [0.25, 0.3) is 0 Å². The minimum atomic E-state index is -0.205. The van der Waals surface area contributed by atoms with Gasteiger partial charge in [-0.3, -0.25) is 9.36 Å². The molecular formula is C23H19N5O2. The molecule has 0 unspecified atom stereocenters. The van der Waals surface area contributed by atoms with E-state index in [0.29, 0.717) is 23.1 Å². The highest BCUT2D eigenvalue weighted by Gasteiger charge is 2.06. The Bertz CT molecular complexity index is 1170. The minimum Gasteiger partial charge on any atom is -0.439 e. The SMILES string of the molecule is Cc1nccn1-c1cc(Oc2ccc(NC(=O)/C=C/c3ccccc3)cc2)ncn1. The largest absolute Gasteiger partial charge is 0.439 e. The lowest BCUT2D eigenvalue weighted by atomic mass is 10.2. The van der Waals surface area contributed by atoms with Crippen LogP contribution in [-0.4, -0.2) is 25.4 Å². The molecule has 2 heterocycles. The maximum Gasteiger partial charge on any atom is 0.248 e. The van der Waals surface area contributed by atoms with Crippen LogP contribution in [0.4, 0.5) is 5.69 Å². The highest BCUT2D eigenvalue weighted by molar-refractivity contribution is 6.01. The Labute approximate surface area is 173 Å². The number of nitrogens with zero attached hydrogens (tertiary/aromatic N) is 4. The smallest absolute Gasteiger partial charge is 0.248 e. The quantitative estimate of drug-likeness (QED) is 0.487. The first kappa shape index (κ1) is 19.1. The summed E-state index contributed by atoms with van der Waals surface area (Å²) >= 11 is 0. The number of hydrogen-bond acceptors (Lipinski definition) is 5. The molecule has 0 fully saturated rings. The summed E-state index contributed by atoms with van der Waals surface area (Å²) in [6.07, 6.45) is 8.24. The molecule has 4 aromatic rings. The molecule has 0 bridgehead atoms. The maximum absolute atomic E-state index is 12.1. The van der Waals surface area contributed by atoms with Crippen LogP contribution < -0.4 is 10.1 Å². The average Bonchev–Trinajstić information content (AvgIpc) is 3.20. The Morgan fingerprint density at radius 3 is 2.57 bits per heavy atom. The molecule has 1 amide bonds. The third kappa shape index (κ3) is 4.77. The number of aromatic nitrogens is 4. The molecule has 148 valence electrons. The van der Waals surface area contributed by atoms with E-state index in [4.69, 9.17) is 4.74 Å². The molecular weight excluding hydrogens is 378 g/mol. The van der Waals surface area contributed by atoms with Crippen molar-refractivity contribution in [3.05, 3.63) is 96.8 Å². The molecule has 7 nitrogen and oxygen atoms in total. The summed E-state index contributed by atoms with van der Waals surface area (Å²) in [5.74, 6) is 2.30. The zero-order valence-corrected chi connectivity index (χ0v) is 16.3. The van der Waals surface area contributed by atoms with Gasteiger partial charge in [0.1, 0.15) is 23.7 Å². The number of hydrogen-bond donors (Lipinski definition) is 1. The summed E-state index contributed by atoms with van der Waals surface area (Å²) in [6, 6.07) is 18.5. The van der Waals surface area contributed by atoms with E-state index in [2.05, 4.69) is 20.3 Å². The standard InChI is InChI=1S/C23H19N5O2/c1-17-24-13-14-28(17)21-15-23(26-16-25-21)30-20-10-8-19(9-11-20)27-22(29)12-7-18-5-3-2-4-6-18/h2-16H,1H3,(H,27,29)/b12-7+. The second kappa shape index (κ2) is 8.83. The minimum absolute atomic E-state index is 0.205. The number of ether oxygens (including phenoxy) is 1. The van der Waals surface area contributed by atoms with Crippen LogP contribution in [0.1, 0.15) is 11.4 Å². The number of benzene rings is 2. The number of carbonyl (C=O) groups is 1. The molecule has 0 aliphatic rings. The zero-order chi connectivity index (χ0) is 20.8. The van der Waals surface area contributed by atoms with Gasteiger partial charge in [-0.15, -0.1) is 0 Å². The monoisotopic (exact) mass is 397 g/mol. The highest BCUT2D eigenvalue weighted by Crippen LogP contribution is 2.22. The number of nitrogens with one attached hydrogen (secondary N) is 1. The van der Waals surface area contributed by atoms with Crippen LogP contribution in [0.25, 0.3) is 11.9 Å². The van der Waals surface area contributed by atoms with Crippen molar-refractivity contribution in [2.24, 2.45) is 0 Å². The predicted molar refractivity (Wildman–Crippen MR) is 115 cm³/mol. The lowest BCUT2D eigenvalue weighted by Crippen LogP contribution is -2.07. The van der Waals surface area contributed by atoms with Crippen LogP contribution in [0.5, 0.6) is 11.6 Å². The Hall–Kier alpha value is -4.26. The molecule has 0 aliphatic carbocycles. The van der Waals surface area contributed by atoms with Gasteiger partial charge < -0.3 is 10.1 Å². The molecule has 2 aromatic heterocycles. The maximum atomic E-state index is 12.1. The van der Waals surface area contributed by atoms with Crippen molar-refractivity contribution in [3.63, 3.8) is 0 Å². The van der Waals surface area contributed by atoms with E-state index in [9.17, 15) is 4.79 Å². The summed E-state index contributed by atoms with van der Waals surface area (Å²) in [4.78, 5) is 24.7. The second-order valence-electron chi connectivity index (χ2n) is 6.42. The predicted octanol–water partition coefficient (Wildman–Crippen LogP) is 4.41. The first-order valence-electron chi connectivity index (χ1n) is 9.32. The number of rotatable bonds is 6. The van der Waals surface area contributed by atoms with Gasteiger partial charge in [0.05, 0.1) is 0 Å². The van der Waals surface area contributed by atoms with Crippen molar-refractivity contribution >= 4 is 17.7 Å². The molecule has 2 aromatic carbocycles. The van der Waals surface area contributed by atoms with E-state index in [-0.39, 0.29) is 5.91 Å². The van der Waals surface area contributed by atoms with Crippen molar-refractivity contribution in [1.82, 2.24) is 19.5 Å². The number of imidazole rings is 1. The van der Waals surface area contributed by atoms with Crippen LogP contribution >= 0.6 is 0 Å². The first-order valence-corrected chi connectivity index (χ1v) is 9.32. The molecule has 30 heavy (non-hydrogen) atoms. The Kier molecular flexibility index (Phi) is 5.61. The Morgan fingerprint density at radius 2 is 1.83 bits per heavy atom. The lowest BCUT2D eigenvalue weighted by molar-refractivity contribution is -0.111. The molecule has 0 saturated heterocycles. The normalized spacial score (nSPS) is 10.8. The molecule has 1 N–H and O–H groups in total. The van der Waals surface area contributed by atoms with Gasteiger partial charge in [-0.1, -0.05) is 30.3 Å². The summed E-state index contributed by atoms with van der Waals surface area (Å²) in [5, 5.41) is 2.82. The summed E-state index contributed by atoms with van der Waals surface area (Å²) in [5.41, 5.74) is 1.63. The van der Waals surface area contributed by atoms with Gasteiger partial charge in [0.2, 0.25) is 11.8 Å². The van der Waals surface area contributed by atoms with E-state index in [1.54, 1.807) is 42.6 Å². The summed E-state index contributed by atoms with van der Waals surface area (Å²) < 4.78 is 7.65. The van der Waals surface area contributed by atoms with E-state index >= 15 is 0 Å². The number of carbonyl (C=O) groups excluding carboxylic acids is 1. The van der Waals surface area contributed by atoms with Crippen LogP contribution in [0, 0.1) is 6.92 Å². The third-order valence-electron chi connectivity index (χ3n) is 4.27. The average molecular weight is 397 g/mol. The third-order valence-corrected chi connectivity index (χ3v) is 4.27. The van der Waals surface area contributed by atoms with Crippen molar-refractivity contribution in [2.45, 2.75) is 6.92 Å². The summed E-state index contributed by atoms with van der Waals surface area (Å²) in [6.45, 7) is 1.89. The molecule has 0 atom stereocenters. The molecule has 0 radical (unpaired) electrons. The number of anilines is 1. The second-order valence-corrected chi connectivity index (χ2v) is 6.42. The van der Waals surface area contributed by atoms with Crippen LogP contribution in [-0.2, 0) is 4.79 Å². The molecule has 4 rings (SSSR count). The van der Waals surface area contributed by atoms with Crippen LogP contribution in [0.2, 0.25) is 0 Å². The van der Waals surface area contributed by atoms with Gasteiger partial charge in [-0.25, -0.2) is 15.0 Å². The van der Waals surface area contributed by atoms with Crippen LogP contribution in [0.3, 0.4) is 0 Å².